The van der Waals surface area contributed by atoms with E-state index in [1.807, 2.05) is 13.8 Å². The molecule has 0 aromatic rings. The molecule has 84 valence electrons. The largest absolute Gasteiger partial charge is 0.481 e. The van der Waals surface area contributed by atoms with Gasteiger partial charge in [0, 0.05) is 13.1 Å². The molecule has 0 rings (SSSR count). The molecule has 1 atom stereocenters. The van der Waals surface area contributed by atoms with Crippen LogP contribution in [-0.4, -0.2) is 35.4 Å². The maximum Gasteiger partial charge on any atom is 0.310 e. The summed E-state index contributed by atoms with van der Waals surface area (Å²) in [5.41, 5.74) is -0.781. The average Bonchev–Trinajstić information content (AvgIpc) is 2.03. The zero-order chi connectivity index (χ0) is 11.4. The maximum atomic E-state index is 10.7. The lowest BCUT2D eigenvalue weighted by Crippen LogP contribution is -2.40. The number of nitrogens with one attached hydrogen (secondary N) is 1. The lowest BCUT2D eigenvalue weighted by Gasteiger charge is -2.22. The molecule has 0 aliphatic rings. The topological polar surface area (TPSA) is 69.6 Å². The van der Waals surface area contributed by atoms with Crippen LogP contribution >= 0.6 is 0 Å². The van der Waals surface area contributed by atoms with E-state index in [-0.39, 0.29) is 5.92 Å². The summed E-state index contributed by atoms with van der Waals surface area (Å²) in [5.74, 6) is -0.639. The highest BCUT2D eigenvalue weighted by molar-refractivity contribution is 5.73. The lowest BCUT2D eigenvalue weighted by molar-refractivity contribution is -0.146. The third-order valence-corrected chi connectivity index (χ3v) is 2.27. The van der Waals surface area contributed by atoms with Crippen molar-refractivity contribution in [3.05, 3.63) is 0 Å². The van der Waals surface area contributed by atoms with Gasteiger partial charge in [-0.05, 0) is 19.8 Å². The number of hydrogen-bond acceptors (Lipinski definition) is 3. The van der Waals surface area contributed by atoms with E-state index in [1.165, 1.54) is 0 Å². The Kier molecular flexibility index (Phi) is 5.08. The number of carbonyl (C=O) groups is 1. The molecule has 0 fully saturated rings. The van der Waals surface area contributed by atoms with Gasteiger partial charge in [-0.1, -0.05) is 13.8 Å². The molecule has 0 bridgehead atoms. The summed E-state index contributed by atoms with van der Waals surface area (Å²) in [6.07, 6.45) is -0.417. The van der Waals surface area contributed by atoms with Crippen molar-refractivity contribution < 1.29 is 15.0 Å². The van der Waals surface area contributed by atoms with Crippen molar-refractivity contribution in [2.75, 3.05) is 13.1 Å². The van der Waals surface area contributed by atoms with E-state index >= 15 is 0 Å². The Labute approximate surface area is 85.3 Å². The van der Waals surface area contributed by atoms with Crippen LogP contribution in [0.4, 0.5) is 0 Å². The molecular formula is C10H21NO3. The van der Waals surface area contributed by atoms with Crippen LogP contribution < -0.4 is 5.32 Å². The van der Waals surface area contributed by atoms with E-state index in [4.69, 9.17) is 5.11 Å². The van der Waals surface area contributed by atoms with Gasteiger partial charge in [0.1, 0.15) is 0 Å². The first-order valence-corrected chi connectivity index (χ1v) is 4.89. The highest BCUT2D eigenvalue weighted by atomic mass is 16.4. The normalized spacial score (nSPS) is 14.4. The molecule has 0 saturated heterocycles. The van der Waals surface area contributed by atoms with Gasteiger partial charge in [0.15, 0.2) is 0 Å². The standard InChI is InChI=1S/C10H21NO3/c1-7(2)8(12)5-11-6-10(3,4)9(13)14/h7-8,11-12H,5-6H2,1-4H3,(H,13,14). The maximum absolute atomic E-state index is 10.7. The van der Waals surface area contributed by atoms with Gasteiger partial charge < -0.3 is 15.5 Å². The molecule has 3 N–H and O–H groups in total. The number of carboxylic acid groups (broad SMARTS) is 1. The number of aliphatic hydroxyl groups excluding tert-OH is 1. The number of aliphatic hydroxyl groups is 1. The van der Waals surface area contributed by atoms with E-state index in [0.29, 0.717) is 13.1 Å². The van der Waals surface area contributed by atoms with E-state index < -0.39 is 17.5 Å². The molecule has 1 unspecified atom stereocenters. The van der Waals surface area contributed by atoms with E-state index in [1.54, 1.807) is 13.8 Å². The molecular weight excluding hydrogens is 182 g/mol. The Morgan fingerprint density at radius 1 is 1.43 bits per heavy atom. The van der Waals surface area contributed by atoms with Crippen LogP contribution in [0.1, 0.15) is 27.7 Å². The first-order chi connectivity index (χ1) is 6.27. The molecule has 4 heteroatoms. The number of rotatable bonds is 6. The summed E-state index contributed by atoms with van der Waals surface area (Å²) in [7, 11) is 0. The van der Waals surface area contributed by atoms with Crippen molar-refractivity contribution in [2.24, 2.45) is 11.3 Å². The second kappa shape index (κ2) is 5.32. The van der Waals surface area contributed by atoms with Crippen LogP contribution in [0.25, 0.3) is 0 Å². The third kappa shape index (κ3) is 4.58. The van der Waals surface area contributed by atoms with Crippen molar-refractivity contribution in [2.45, 2.75) is 33.8 Å². The van der Waals surface area contributed by atoms with Gasteiger partial charge in [0.05, 0.1) is 11.5 Å². The quantitative estimate of drug-likeness (QED) is 0.594. The molecule has 0 aliphatic heterocycles. The van der Waals surface area contributed by atoms with Crippen LogP contribution in [0, 0.1) is 11.3 Å². The lowest BCUT2D eigenvalue weighted by atomic mass is 9.94. The van der Waals surface area contributed by atoms with Gasteiger partial charge in [-0.3, -0.25) is 4.79 Å². The Morgan fingerprint density at radius 2 is 1.93 bits per heavy atom. The van der Waals surface area contributed by atoms with Crippen LogP contribution in [0.2, 0.25) is 0 Å². The fourth-order valence-corrected chi connectivity index (χ4v) is 0.844. The van der Waals surface area contributed by atoms with Crippen molar-refractivity contribution in [1.29, 1.82) is 0 Å². The molecule has 0 aliphatic carbocycles. The first kappa shape index (κ1) is 13.4. The van der Waals surface area contributed by atoms with E-state index in [2.05, 4.69) is 5.32 Å². The predicted molar refractivity (Wildman–Crippen MR) is 55.1 cm³/mol. The van der Waals surface area contributed by atoms with Crippen molar-refractivity contribution in [3.8, 4) is 0 Å². The summed E-state index contributed by atoms with van der Waals surface area (Å²) in [6, 6.07) is 0. The Morgan fingerprint density at radius 3 is 2.29 bits per heavy atom. The molecule has 0 radical (unpaired) electrons. The number of aliphatic carboxylic acids is 1. The predicted octanol–water partition coefficient (Wildman–Crippen LogP) is 0.704. The summed E-state index contributed by atoms with van der Waals surface area (Å²) in [4.78, 5) is 10.7. The molecule has 0 saturated carbocycles. The van der Waals surface area contributed by atoms with Crippen molar-refractivity contribution in [3.63, 3.8) is 0 Å². The van der Waals surface area contributed by atoms with Gasteiger partial charge in [0.25, 0.3) is 0 Å². The van der Waals surface area contributed by atoms with Crippen LogP contribution in [0.5, 0.6) is 0 Å². The molecule has 0 spiro atoms. The van der Waals surface area contributed by atoms with Gasteiger partial charge in [-0.2, -0.15) is 0 Å². The summed E-state index contributed by atoms with van der Waals surface area (Å²) in [5, 5.41) is 21.2. The zero-order valence-electron chi connectivity index (χ0n) is 9.37. The monoisotopic (exact) mass is 203 g/mol. The second-order valence-corrected chi connectivity index (χ2v) is 4.63. The van der Waals surface area contributed by atoms with Crippen molar-refractivity contribution in [1.82, 2.24) is 5.32 Å². The second-order valence-electron chi connectivity index (χ2n) is 4.63. The smallest absolute Gasteiger partial charge is 0.310 e. The average molecular weight is 203 g/mol. The molecule has 4 nitrogen and oxygen atoms in total. The van der Waals surface area contributed by atoms with Gasteiger partial charge >= 0.3 is 5.97 Å². The highest BCUT2D eigenvalue weighted by Crippen LogP contribution is 2.13. The number of hydrogen-bond donors (Lipinski definition) is 3. The molecule has 0 heterocycles. The SMILES string of the molecule is CC(C)C(O)CNCC(C)(C)C(=O)O. The minimum absolute atomic E-state index is 0.190. The van der Waals surface area contributed by atoms with Crippen LogP contribution in [0.15, 0.2) is 0 Å². The summed E-state index contributed by atoms with van der Waals surface area (Å²) < 4.78 is 0. The highest BCUT2D eigenvalue weighted by Gasteiger charge is 2.26. The van der Waals surface area contributed by atoms with Gasteiger partial charge in [-0.15, -0.1) is 0 Å². The Bertz CT molecular complexity index is 190. The van der Waals surface area contributed by atoms with Crippen LogP contribution in [0.3, 0.4) is 0 Å². The fourth-order valence-electron chi connectivity index (χ4n) is 0.844. The Hall–Kier alpha value is -0.610. The van der Waals surface area contributed by atoms with E-state index in [0.717, 1.165) is 0 Å². The minimum Gasteiger partial charge on any atom is -0.481 e. The van der Waals surface area contributed by atoms with Gasteiger partial charge in [0.2, 0.25) is 0 Å². The van der Waals surface area contributed by atoms with Gasteiger partial charge in [-0.25, -0.2) is 0 Å². The molecule has 14 heavy (non-hydrogen) atoms. The Balaban J connectivity index is 3.79. The molecule has 0 amide bonds. The fraction of sp³-hybridized carbons (Fsp3) is 0.900. The number of carboxylic acids is 1. The minimum atomic E-state index is -0.830. The first-order valence-electron chi connectivity index (χ1n) is 4.89. The summed E-state index contributed by atoms with van der Waals surface area (Å²) >= 11 is 0. The molecule has 0 aromatic carbocycles. The zero-order valence-corrected chi connectivity index (χ0v) is 9.37. The van der Waals surface area contributed by atoms with E-state index in [9.17, 15) is 9.90 Å². The third-order valence-electron chi connectivity index (χ3n) is 2.27. The summed E-state index contributed by atoms with van der Waals surface area (Å²) in [6.45, 7) is 7.97. The molecule has 0 aromatic heterocycles. The van der Waals surface area contributed by atoms with Crippen molar-refractivity contribution >= 4 is 5.97 Å². The van der Waals surface area contributed by atoms with Crippen LogP contribution in [-0.2, 0) is 4.79 Å².